The fourth-order valence-corrected chi connectivity index (χ4v) is 2.80. The maximum absolute atomic E-state index is 12.1. The Morgan fingerprint density at radius 1 is 1.11 bits per heavy atom. The first-order chi connectivity index (χ1) is 8.99. The van der Waals surface area contributed by atoms with Crippen molar-refractivity contribution in [2.45, 2.75) is 37.7 Å². The molecule has 2 nitrogen and oxygen atoms in total. The summed E-state index contributed by atoms with van der Waals surface area (Å²) in [6, 6.07) is 7.05. The molecule has 1 aromatic carbocycles. The second-order valence-electron chi connectivity index (χ2n) is 5.02. The lowest BCUT2D eigenvalue weighted by atomic mass is 9.96. The predicted octanol–water partition coefficient (Wildman–Crippen LogP) is 3.49. The van der Waals surface area contributed by atoms with Gasteiger partial charge in [0.15, 0.2) is 0 Å². The summed E-state index contributed by atoms with van der Waals surface area (Å²) in [5, 5.41) is 3.48. The Hall–Kier alpha value is -1.49. The molecule has 102 valence electrons. The van der Waals surface area contributed by atoms with E-state index in [4.69, 9.17) is 0 Å². The largest absolute Gasteiger partial charge is 0.573 e. The highest BCUT2D eigenvalue weighted by molar-refractivity contribution is 5.68. The molecule has 5 heteroatoms. The van der Waals surface area contributed by atoms with Crippen molar-refractivity contribution in [1.82, 2.24) is 5.32 Å². The smallest absolute Gasteiger partial charge is 0.406 e. The SMILES string of the molecule is FC(F)(F)Oc1ccc(C2=CC3CCC(C2)N3)cc1. The van der Waals surface area contributed by atoms with E-state index in [-0.39, 0.29) is 5.75 Å². The maximum Gasteiger partial charge on any atom is 0.573 e. The van der Waals surface area contributed by atoms with Crippen LogP contribution < -0.4 is 10.1 Å². The number of halogens is 3. The normalized spacial score (nSPS) is 26.2. The van der Waals surface area contributed by atoms with Gasteiger partial charge in [-0.25, -0.2) is 0 Å². The number of hydrogen-bond acceptors (Lipinski definition) is 2. The van der Waals surface area contributed by atoms with E-state index in [1.54, 1.807) is 12.1 Å². The molecule has 0 amide bonds. The number of rotatable bonds is 2. The second-order valence-corrected chi connectivity index (χ2v) is 5.02. The number of nitrogens with one attached hydrogen (secondary N) is 1. The van der Waals surface area contributed by atoms with Crippen LogP contribution in [-0.2, 0) is 0 Å². The van der Waals surface area contributed by atoms with Gasteiger partial charge < -0.3 is 10.1 Å². The summed E-state index contributed by atoms with van der Waals surface area (Å²) in [4.78, 5) is 0. The first kappa shape index (κ1) is 12.5. The van der Waals surface area contributed by atoms with Crippen LogP contribution >= 0.6 is 0 Å². The zero-order valence-electron chi connectivity index (χ0n) is 10.2. The van der Waals surface area contributed by atoms with Crippen molar-refractivity contribution in [1.29, 1.82) is 0 Å². The van der Waals surface area contributed by atoms with Gasteiger partial charge in [0.05, 0.1) is 0 Å². The van der Waals surface area contributed by atoms with Gasteiger partial charge in [0.1, 0.15) is 5.75 Å². The first-order valence-corrected chi connectivity index (χ1v) is 6.32. The zero-order chi connectivity index (χ0) is 13.5. The third-order valence-corrected chi connectivity index (χ3v) is 3.60. The second kappa shape index (κ2) is 4.56. The highest BCUT2D eigenvalue weighted by Crippen LogP contribution is 2.33. The molecule has 2 bridgehead atoms. The molecule has 2 unspecified atom stereocenters. The molecule has 0 aliphatic carbocycles. The lowest BCUT2D eigenvalue weighted by molar-refractivity contribution is -0.274. The third kappa shape index (κ3) is 2.92. The van der Waals surface area contributed by atoms with Crippen molar-refractivity contribution >= 4 is 5.57 Å². The van der Waals surface area contributed by atoms with Crippen LogP contribution in [-0.4, -0.2) is 18.4 Å². The highest BCUT2D eigenvalue weighted by Gasteiger charge is 2.31. The van der Waals surface area contributed by atoms with Gasteiger partial charge in [0, 0.05) is 12.1 Å². The van der Waals surface area contributed by atoms with Crippen LogP contribution in [0, 0.1) is 0 Å². The summed E-state index contributed by atoms with van der Waals surface area (Å²) in [7, 11) is 0. The van der Waals surface area contributed by atoms with Crippen LogP contribution in [0.4, 0.5) is 13.2 Å². The average molecular weight is 269 g/mol. The molecule has 1 saturated heterocycles. The van der Waals surface area contributed by atoms with Crippen molar-refractivity contribution in [3.05, 3.63) is 35.9 Å². The Morgan fingerprint density at radius 3 is 2.47 bits per heavy atom. The molecule has 1 N–H and O–H groups in total. The predicted molar refractivity (Wildman–Crippen MR) is 65.7 cm³/mol. The number of benzene rings is 1. The summed E-state index contributed by atoms with van der Waals surface area (Å²) < 4.78 is 40.1. The van der Waals surface area contributed by atoms with E-state index in [0.717, 1.165) is 18.4 Å². The van der Waals surface area contributed by atoms with E-state index in [9.17, 15) is 13.2 Å². The van der Waals surface area contributed by atoms with E-state index in [2.05, 4.69) is 16.1 Å². The molecule has 0 aromatic heterocycles. The summed E-state index contributed by atoms with van der Waals surface area (Å²) >= 11 is 0. The van der Waals surface area contributed by atoms with Gasteiger partial charge >= 0.3 is 6.36 Å². The van der Waals surface area contributed by atoms with Crippen LogP contribution in [0.15, 0.2) is 30.3 Å². The molecule has 0 radical (unpaired) electrons. The fourth-order valence-electron chi connectivity index (χ4n) is 2.80. The molecule has 1 fully saturated rings. The number of hydrogen-bond donors (Lipinski definition) is 1. The van der Waals surface area contributed by atoms with E-state index in [1.165, 1.54) is 24.1 Å². The minimum atomic E-state index is -4.63. The van der Waals surface area contributed by atoms with Gasteiger partial charge in [0.25, 0.3) is 0 Å². The molecular weight excluding hydrogens is 255 g/mol. The van der Waals surface area contributed by atoms with Crippen LogP contribution in [0.5, 0.6) is 5.75 Å². The maximum atomic E-state index is 12.1. The fraction of sp³-hybridized carbons (Fsp3) is 0.429. The number of alkyl halides is 3. The van der Waals surface area contributed by atoms with Crippen molar-refractivity contribution in [2.75, 3.05) is 0 Å². The molecule has 2 atom stereocenters. The molecular formula is C14H14F3NO. The van der Waals surface area contributed by atoms with Gasteiger partial charge in [-0.1, -0.05) is 18.2 Å². The lowest BCUT2D eigenvalue weighted by Crippen LogP contribution is -2.31. The Balaban J connectivity index is 1.76. The number of fused-ring (bicyclic) bond motifs is 2. The van der Waals surface area contributed by atoms with Crippen LogP contribution in [0.2, 0.25) is 0 Å². The van der Waals surface area contributed by atoms with Gasteiger partial charge in [-0.2, -0.15) is 0 Å². The van der Waals surface area contributed by atoms with Crippen molar-refractivity contribution in [3.63, 3.8) is 0 Å². The minimum Gasteiger partial charge on any atom is -0.406 e. The Labute approximate surface area is 109 Å². The monoisotopic (exact) mass is 269 g/mol. The molecule has 1 aromatic rings. The molecule has 2 heterocycles. The molecule has 19 heavy (non-hydrogen) atoms. The molecule has 2 aliphatic heterocycles. The van der Waals surface area contributed by atoms with Crippen molar-refractivity contribution in [2.24, 2.45) is 0 Å². The van der Waals surface area contributed by atoms with Gasteiger partial charge in [-0.15, -0.1) is 13.2 Å². The van der Waals surface area contributed by atoms with E-state index in [1.807, 2.05) is 0 Å². The topological polar surface area (TPSA) is 21.3 Å². The molecule has 0 saturated carbocycles. The average Bonchev–Trinajstić information content (AvgIpc) is 2.67. The Kier molecular flexibility index (Phi) is 3.01. The van der Waals surface area contributed by atoms with E-state index >= 15 is 0 Å². The van der Waals surface area contributed by atoms with Crippen molar-refractivity contribution in [3.8, 4) is 5.75 Å². The quantitative estimate of drug-likeness (QED) is 0.887. The van der Waals surface area contributed by atoms with Crippen LogP contribution in [0.1, 0.15) is 24.8 Å². The summed E-state index contributed by atoms with van der Waals surface area (Å²) in [6.07, 6.45) is 0.803. The third-order valence-electron chi connectivity index (χ3n) is 3.60. The Morgan fingerprint density at radius 2 is 1.84 bits per heavy atom. The standard InChI is InChI=1S/C14H14F3NO/c15-14(16,17)19-13-5-1-9(2-6-13)10-7-11-3-4-12(8-10)18-11/h1-2,5-7,11-12,18H,3-4,8H2. The summed E-state index contributed by atoms with van der Waals surface area (Å²) in [5.74, 6) is -0.172. The van der Waals surface area contributed by atoms with Gasteiger partial charge in [-0.3, -0.25) is 0 Å². The minimum absolute atomic E-state index is 0.172. The zero-order valence-corrected chi connectivity index (χ0v) is 10.2. The van der Waals surface area contributed by atoms with E-state index in [0.29, 0.717) is 12.1 Å². The van der Waals surface area contributed by atoms with Crippen molar-refractivity contribution < 1.29 is 17.9 Å². The van der Waals surface area contributed by atoms with Gasteiger partial charge in [0.2, 0.25) is 0 Å². The molecule has 3 rings (SSSR count). The van der Waals surface area contributed by atoms with Gasteiger partial charge in [-0.05, 0) is 42.5 Å². The first-order valence-electron chi connectivity index (χ1n) is 6.32. The number of ether oxygens (including phenoxy) is 1. The Bertz CT molecular complexity index is 492. The molecule has 0 spiro atoms. The van der Waals surface area contributed by atoms with Crippen LogP contribution in [0.25, 0.3) is 5.57 Å². The van der Waals surface area contributed by atoms with E-state index < -0.39 is 6.36 Å². The molecule has 2 aliphatic rings. The summed E-state index contributed by atoms with van der Waals surface area (Å²) in [6.45, 7) is 0. The summed E-state index contributed by atoms with van der Waals surface area (Å²) in [5.41, 5.74) is 2.19. The van der Waals surface area contributed by atoms with Crippen LogP contribution in [0.3, 0.4) is 0 Å². The highest BCUT2D eigenvalue weighted by atomic mass is 19.4. The lowest BCUT2D eigenvalue weighted by Gasteiger charge is -2.21.